The lowest BCUT2D eigenvalue weighted by Crippen LogP contribution is -2.32. The Kier molecular flexibility index (Phi) is 3.83. The predicted molar refractivity (Wildman–Crippen MR) is 73.2 cm³/mol. The highest BCUT2D eigenvalue weighted by molar-refractivity contribution is 5.92. The topological polar surface area (TPSA) is 72.1 Å². The Morgan fingerprint density at radius 1 is 1.45 bits per heavy atom. The molecular weight excluding hydrogens is 256 g/mol. The van der Waals surface area contributed by atoms with E-state index in [-0.39, 0.29) is 5.91 Å². The number of carbonyl (C=O) groups excluding carboxylic acids is 1. The molecule has 0 atom stereocenters. The molecule has 1 aliphatic heterocycles. The zero-order valence-corrected chi connectivity index (χ0v) is 11.2. The van der Waals surface area contributed by atoms with Gasteiger partial charge in [-0.2, -0.15) is 0 Å². The van der Waals surface area contributed by atoms with E-state index >= 15 is 0 Å². The van der Waals surface area contributed by atoms with E-state index in [2.05, 4.69) is 20.4 Å². The molecule has 3 rings (SSSR count). The van der Waals surface area contributed by atoms with E-state index in [0.717, 1.165) is 25.9 Å². The molecule has 2 aromatic heterocycles. The molecule has 0 unspecified atom stereocenters. The minimum Gasteiger partial charge on any atom is -0.360 e. The molecule has 0 saturated carbocycles. The van der Waals surface area contributed by atoms with Crippen LogP contribution < -0.4 is 10.6 Å². The van der Waals surface area contributed by atoms with Gasteiger partial charge in [-0.1, -0.05) is 5.16 Å². The minimum absolute atomic E-state index is 0.0788. The van der Waals surface area contributed by atoms with Crippen LogP contribution in [0.25, 0.3) is 0 Å². The summed E-state index contributed by atoms with van der Waals surface area (Å²) in [5.41, 5.74) is 0.705. The molecule has 1 saturated heterocycles. The average molecular weight is 274 g/mol. The molecule has 1 amide bonds. The van der Waals surface area contributed by atoms with Gasteiger partial charge in [0.15, 0.2) is 5.76 Å². The summed E-state index contributed by atoms with van der Waals surface area (Å²) in [4.78, 5) is 12.3. The van der Waals surface area contributed by atoms with E-state index < -0.39 is 0 Å². The number of hydrogen-bond donors (Lipinski definition) is 2. The van der Waals surface area contributed by atoms with Gasteiger partial charge in [0.2, 0.25) is 0 Å². The van der Waals surface area contributed by atoms with E-state index in [1.165, 1.54) is 0 Å². The fourth-order valence-electron chi connectivity index (χ4n) is 2.58. The van der Waals surface area contributed by atoms with Crippen LogP contribution in [0.1, 0.15) is 35.1 Å². The van der Waals surface area contributed by atoms with Crippen molar-refractivity contribution in [1.82, 2.24) is 20.4 Å². The molecule has 0 radical (unpaired) electrons. The number of piperidine rings is 1. The van der Waals surface area contributed by atoms with Crippen LogP contribution in [0, 0.1) is 0 Å². The Morgan fingerprint density at radius 2 is 2.30 bits per heavy atom. The SMILES string of the molecule is O=C(NCc1ccno1)c1cccn1C1CCNCC1. The summed E-state index contributed by atoms with van der Waals surface area (Å²) < 4.78 is 7.05. The number of nitrogens with zero attached hydrogens (tertiary/aromatic N) is 2. The lowest BCUT2D eigenvalue weighted by molar-refractivity contribution is 0.0934. The maximum atomic E-state index is 12.3. The zero-order valence-electron chi connectivity index (χ0n) is 11.2. The molecule has 2 N–H and O–H groups in total. The van der Waals surface area contributed by atoms with Crippen molar-refractivity contribution in [3.8, 4) is 0 Å². The molecule has 0 spiro atoms. The van der Waals surface area contributed by atoms with Crippen LogP contribution in [0.2, 0.25) is 0 Å². The first kappa shape index (κ1) is 12.9. The van der Waals surface area contributed by atoms with Gasteiger partial charge in [0.25, 0.3) is 5.91 Å². The fraction of sp³-hybridized carbons (Fsp3) is 0.429. The van der Waals surface area contributed by atoms with Crippen molar-refractivity contribution in [2.75, 3.05) is 13.1 Å². The second-order valence-corrected chi connectivity index (χ2v) is 4.94. The number of hydrogen-bond acceptors (Lipinski definition) is 4. The smallest absolute Gasteiger partial charge is 0.268 e. The summed E-state index contributed by atoms with van der Waals surface area (Å²) in [6.45, 7) is 2.36. The van der Waals surface area contributed by atoms with Crippen LogP contribution in [0.15, 0.2) is 35.1 Å². The van der Waals surface area contributed by atoms with Gasteiger partial charge in [-0.25, -0.2) is 0 Å². The molecule has 1 fully saturated rings. The van der Waals surface area contributed by atoms with E-state index in [1.807, 2.05) is 18.3 Å². The first-order valence-electron chi connectivity index (χ1n) is 6.90. The van der Waals surface area contributed by atoms with Crippen LogP contribution >= 0.6 is 0 Å². The standard InChI is InChI=1S/C14H18N4O2/c19-14(16-10-12-5-8-17-20-12)13-2-1-9-18(13)11-3-6-15-7-4-11/h1-2,5,8-9,11,15H,3-4,6-7,10H2,(H,16,19). The molecular formula is C14H18N4O2. The van der Waals surface area contributed by atoms with Crippen LogP contribution in [-0.4, -0.2) is 28.7 Å². The third-order valence-electron chi connectivity index (χ3n) is 3.63. The normalized spacial score (nSPS) is 16.2. The van der Waals surface area contributed by atoms with Crippen molar-refractivity contribution in [3.63, 3.8) is 0 Å². The number of rotatable bonds is 4. The van der Waals surface area contributed by atoms with Gasteiger partial charge in [-0.15, -0.1) is 0 Å². The summed E-state index contributed by atoms with van der Waals surface area (Å²) in [6.07, 6.45) is 5.66. The Hall–Kier alpha value is -2.08. The molecule has 3 heterocycles. The molecule has 6 nitrogen and oxygen atoms in total. The van der Waals surface area contributed by atoms with Crippen molar-refractivity contribution in [2.45, 2.75) is 25.4 Å². The third-order valence-corrected chi connectivity index (χ3v) is 3.63. The second kappa shape index (κ2) is 5.92. The van der Waals surface area contributed by atoms with Crippen molar-refractivity contribution >= 4 is 5.91 Å². The summed E-state index contributed by atoms with van der Waals surface area (Å²) in [5, 5.41) is 9.81. The second-order valence-electron chi connectivity index (χ2n) is 4.94. The van der Waals surface area contributed by atoms with Crippen molar-refractivity contribution < 1.29 is 9.32 Å². The first-order valence-corrected chi connectivity index (χ1v) is 6.90. The van der Waals surface area contributed by atoms with Gasteiger partial charge in [0, 0.05) is 18.3 Å². The number of carbonyl (C=O) groups is 1. The van der Waals surface area contributed by atoms with Gasteiger partial charge in [-0.05, 0) is 38.1 Å². The average Bonchev–Trinajstić information content (AvgIpc) is 3.17. The number of aromatic nitrogens is 2. The quantitative estimate of drug-likeness (QED) is 0.882. The fourth-order valence-corrected chi connectivity index (χ4v) is 2.58. The summed E-state index contributed by atoms with van der Waals surface area (Å²) in [5.74, 6) is 0.572. The monoisotopic (exact) mass is 274 g/mol. The summed E-state index contributed by atoms with van der Waals surface area (Å²) in [7, 11) is 0. The van der Waals surface area contributed by atoms with Crippen molar-refractivity contribution in [2.24, 2.45) is 0 Å². The van der Waals surface area contributed by atoms with Gasteiger partial charge in [0.05, 0.1) is 12.7 Å². The maximum absolute atomic E-state index is 12.3. The molecule has 1 aliphatic rings. The Morgan fingerprint density at radius 3 is 3.05 bits per heavy atom. The highest BCUT2D eigenvalue weighted by atomic mass is 16.5. The molecule has 2 aromatic rings. The first-order chi connectivity index (χ1) is 9.84. The van der Waals surface area contributed by atoms with Gasteiger partial charge in [0.1, 0.15) is 5.69 Å². The van der Waals surface area contributed by atoms with Crippen LogP contribution in [0.4, 0.5) is 0 Å². The van der Waals surface area contributed by atoms with Crippen molar-refractivity contribution in [1.29, 1.82) is 0 Å². The third kappa shape index (κ3) is 2.75. The lowest BCUT2D eigenvalue weighted by Gasteiger charge is -2.25. The molecule has 106 valence electrons. The van der Waals surface area contributed by atoms with Crippen LogP contribution in [0.3, 0.4) is 0 Å². The van der Waals surface area contributed by atoms with E-state index in [9.17, 15) is 4.79 Å². The summed E-state index contributed by atoms with van der Waals surface area (Å²) >= 11 is 0. The number of nitrogens with one attached hydrogen (secondary N) is 2. The Balaban J connectivity index is 1.67. The molecule has 0 bridgehead atoms. The highest BCUT2D eigenvalue weighted by Crippen LogP contribution is 2.21. The minimum atomic E-state index is -0.0788. The largest absolute Gasteiger partial charge is 0.360 e. The van der Waals surface area contributed by atoms with E-state index in [0.29, 0.717) is 24.0 Å². The van der Waals surface area contributed by atoms with Crippen LogP contribution in [-0.2, 0) is 6.54 Å². The molecule has 20 heavy (non-hydrogen) atoms. The lowest BCUT2D eigenvalue weighted by atomic mass is 10.1. The zero-order chi connectivity index (χ0) is 13.8. The Bertz CT molecular complexity index is 556. The molecule has 0 aliphatic carbocycles. The Labute approximate surface area is 117 Å². The maximum Gasteiger partial charge on any atom is 0.268 e. The molecule has 0 aromatic carbocycles. The van der Waals surface area contributed by atoms with Crippen molar-refractivity contribution in [3.05, 3.63) is 42.0 Å². The van der Waals surface area contributed by atoms with E-state index in [1.54, 1.807) is 12.3 Å². The molecule has 6 heteroatoms. The summed E-state index contributed by atoms with van der Waals surface area (Å²) in [6, 6.07) is 5.92. The van der Waals surface area contributed by atoms with E-state index in [4.69, 9.17) is 4.52 Å². The highest BCUT2D eigenvalue weighted by Gasteiger charge is 2.19. The predicted octanol–water partition coefficient (Wildman–Crippen LogP) is 1.33. The number of amides is 1. The van der Waals surface area contributed by atoms with Gasteiger partial charge < -0.3 is 19.7 Å². The van der Waals surface area contributed by atoms with Crippen LogP contribution in [0.5, 0.6) is 0 Å². The van der Waals surface area contributed by atoms with Gasteiger partial charge >= 0.3 is 0 Å². The van der Waals surface area contributed by atoms with Gasteiger partial charge in [-0.3, -0.25) is 4.79 Å².